The number of aliphatic hydroxyl groups excluding tert-OH is 1. The molecule has 0 radical (unpaired) electrons. The Morgan fingerprint density at radius 1 is 1.56 bits per heavy atom. The highest BCUT2D eigenvalue weighted by Crippen LogP contribution is 2.33. The maximum Gasteiger partial charge on any atom is 0.0926 e. The van der Waals surface area contributed by atoms with Gasteiger partial charge in [-0.05, 0) is 13.3 Å². The third-order valence-corrected chi connectivity index (χ3v) is 4.46. The first-order valence-electron chi connectivity index (χ1n) is 2.60. The van der Waals surface area contributed by atoms with Crippen LogP contribution in [0.4, 0.5) is 0 Å². The zero-order valence-corrected chi connectivity index (χ0v) is 9.83. The van der Waals surface area contributed by atoms with E-state index in [2.05, 4.69) is 47.8 Å². The van der Waals surface area contributed by atoms with Crippen LogP contribution in [0.2, 0.25) is 0 Å². The second kappa shape index (κ2) is 4.31. The van der Waals surface area contributed by atoms with Crippen molar-refractivity contribution in [1.29, 1.82) is 0 Å². The Labute approximate surface area is 80.6 Å². The van der Waals surface area contributed by atoms with Gasteiger partial charge in [0.1, 0.15) is 0 Å². The highest BCUT2D eigenvalue weighted by Gasteiger charge is 2.22. The molecule has 0 aliphatic heterocycles. The number of hydrogen-bond donors (Lipinski definition) is 1. The lowest BCUT2D eigenvalue weighted by molar-refractivity contribution is 0.184. The molecule has 0 saturated carbocycles. The molecule has 1 atom stereocenters. The summed E-state index contributed by atoms with van der Waals surface area (Å²) >= 11 is 10.1. The van der Waals surface area contributed by atoms with Crippen molar-refractivity contribution in [2.45, 2.75) is 22.7 Å². The first-order valence-corrected chi connectivity index (χ1v) is 5.30. The zero-order chi connectivity index (χ0) is 7.49. The summed E-state index contributed by atoms with van der Waals surface area (Å²) in [5.74, 6) is 0. The van der Waals surface area contributed by atoms with Crippen LogP contribution in [0.5, 0.6) is 0 Å². The van der Waals surface area contributed by atoms with Crippen LogP contribution in [-0.4, -0.2) is 19.8 Å². The van der Waals surface area contributed by atoms with Gasteiger partial charge in [-0.1, -0.05) is 47.8 Å². The van der Waals surface area contributed by atoms with E-state index in [4.69, 9.17) is 5.11 Å². The van der Waals surface area contributed by atoms with E-state index in [1.54, 1.807) is 6.92 Å². The molecule has 0 aliphatic carbocycles. The van der Waals surface area contributed by atoms with Crippen molar-refractivity contribution in [2.75, 3.05) is 5.33 Å². The Kier molecular flexibility index (Phi) is 4.98. The molecular formula is C5H9Br3O. The van der Waals surface area contributed by atoms with Crippen LogP contribution in [0.25, 0.3) is 0 Å². The lowest BCUT2D eigenvalue weighted by Gasteiger charge is -2.18. The lowest BCUT2D eigenvalue weighted by atomic mass is 10.2. The number of hydrogen-bond acceptors (Lipinski definition) is 1. The first kappa shape index (κ1) is 10.4. The summed E-state index contributed by atoms with van der Waals surface area (Å²) in [6, 6.07) is 0. The minimum absolute atomic E-state index is 0.145. The third-order valence-electron chi connectivity index (χ3n) is 0.790. The quantitative estimate of drug-likeness (QED) is 0.791. The van der Waals surface area contributed by atoms with E-state index in [-0.39, 0.29) is 9.34 Å². The van der Waals surface area contributed by atoms with Gasteiger partial charge in [0.15, 0.2) is 0 Å². The molecule has 0 heterocycles. The summed E-state index contributed by atoms with van der Waals surface area (Å²) in [7, 11) is 0. The van der Waals surface area contributed by atoms with Gasteiger partial charge in [0, 0.05) is 5.33 Å². The fourth-order valence-corrected chi connectivity index (χ4v) is 1.65. The van der Waals surface area contributed by atoms with Crippen LogP contribution in [0.15, 0.2) is 0 Å². The van der Waals surface area contributed by atoms with E-state index in [9.17, 15) is 0 Å². The summed E-state index contributed by atoms with van der Waals surface area (Å²) in [6.07, 6.45) is 0.416. The lowest BCUT2D eigenvalue weighted by Crippen LogP contribution is -2.19. The van der Waals surface area contributed by atoms with Crippen molar-refractivity contribution in [1.82, 2.24) is 0 Å². The maximum absolute atomic E-state index is 8.94. The minimum Gasteiger partial charge on any atom is -0.393 e. The Balaban J connectivity index is 3.58. The molecule has 0 aromatic rings. The first-order chi connectivity index (χ1) is 3.98. The summed E-state index contributed by atoms with van der Waals surface area (Å²) in [5.41, 5.74) is 0. The van der Waals surface area contributed by atoms with Crippen LogP contribution < -0.4 is 0 Å². The van der Waals surface area contributed by atoms with Gasteiger partial charge in [-0.2, -0.15) is 0 Å². The average molecular weight is 325 g/mol. The smallest absolute Gasteiger partial charge is 0.0926 e. The highest BCUT2D eigenvalue weighted by atomic mass is 79.9. The van der Waals surface area contributed by atoms with Gasteiger partial charge in [0.05, 0.1) is 9.34 Å². The van der Waals surface area contributed by atoms with E-state index in [1.807, 2.05) is 0 Å². The minimum atomic E-state index is -0.277. The van der Waals surface area contributed by atoms with Crippen molar-refractivity contribution in [3.8, 4) is 0 Å². The van der Waals surface area contributed by atoms with Crippen molar-refractivity contribution in [3.63, 3.8) is 0 Å². The van der Waals surface area contributed by atoms with Crippen LogP contribution >= 0.6 is 47.8 Å². The molecule has 0 aromatic carbocycles. The molecule has 9 heavy (non-hydrogen) atoms. The molecule has 0 spiro atoms. The topological polar surface area (TPSA) is 20.2 Å². The van der Waals surface area contributed by atoms with Crippen molar-refractivity contribution in [3.05, 3.63) is 0 Å². The van der Waals surface area contributed by atoms with Crippen molar-refractivity contribution >= 4 is 47.8 Å². The molecule has 0 fully saturated rings. The highest BCUT2D eigenvalue weighted by molar-refractivity contribution is 9.26. The van der Waals surface area contributed by atoms with E-state index >= 15 is 0 Å². The Morgan fingerprint density at radius 2 is 2.00 bits per heavy atom. The fraction of sp³-hybridized carbons (Fsp3) is 1.00. The van der Waals surface area contributed by atoms with Gasteiger partial charge >= 0.3 is 0 Å². The van der Waals surface area contributed by atoms with Crippen LogP contribution in [0, 0.1) is 0 Å². The third kappa shape index (κ3) is 5.83. The maximum atomic E-state index is 8.94. The number of halogens is 3. The average Bonchev–Trinajstić information content (AvgIpc) is 1.63. The van der Waals surface area contributed by atoms with Crippen molar-refractivity contribution < 1.29 is 5.11 Å². The molecule has 0 bridgehead atoms. The van der Waals surface area contributed by atoms with Gasteiger partial charge in [-0.15, -0.1) is 0 Å². The van der Waals surface area contributed by atoms with Gasteiger partial charge < -0.3 is 5.11 Å². The molecule has 0 aliphatic rings. The number of aliphatic hydroxyl groups is 1. The second-order valence-electron chi connectivity index (χ2n) is 2.04. The molecule has 4 heteroatoms. The predicted octanol–water partition coefficient (Wildman–Crippen LogP) is 2.64. The molecular weight excluding hydrogens is 316 g/mol. The van der Waals surface area contributed by atoms with Gasteiger partial charge in [0.25, 0.3) is 0 Å². The molecule has 0 rings (SSSR count). The van der Waals surface area contributed by atoms with Crippen LogP contribution in [-0.2, 0) is 0 Å². The van der Waals surface area contributed by atoms with Gasteiger partial charge in [-0.3, -0.25) is 0 Å². The summed E-state index contributed by atoms with van der Waals surface area (Å²) in [5, 5.41) is 9.72. The Morgan fingerprint density at radius 3 is 2.11 bits per heavy atom. The molecule has 0 aromatic heterocycles. The summed E-state index contributed by atoms with van der Waals surface area (Å²) < 4.78 is -0.145. The second-order valence-corrected chi connectivity index (χ2v) is 6.70. The molecule has 1 nitrogen and oxygen atoms in total. The van der Waals surface area contributed by atoms with E-state index in [0.717, 1.165) is 5.33 Å². The summed E-state index contributed by atoms with van der Waals surface area (Å²) in [6.45, 7) is 1.76. The van der Waals surface area contributed by atoms with Gasteiger partial charge in [-0.25, -0.2) is 0 Å². The molecule has 0 saturated heterocycles. The van der Waals surface area contributed by atoms with Gasteiger partial charge in [0.2, 0.25) is 0 Å². The Bertz CT molecular complexity index is 82.3. The van der Waals surface area contributed by atoms with Crippen molar-refractivity contribution in [2.24, 2.45) is 0 Å². The SMILES string of the molecule is CC(O)CC(Br)(Br)CBr. The Hall–Kier alpha value is 1.40. The van der Waals surface area contributed by atoms with Crippen LogP contribution in [0.1, 0.15) is 13.3 Å². The normalized spacial score (nSPS) is 15.7. The molecule has 1 N–H and O–H groups in total. The number of rotatable bonds is 3. The molecule has 0 amide bonds. The number of alkyl halides is 3. The summed E-state index contributed by atoms with van der Waals surface area (Å²) in [4.78, 5) is 0. The standard InChI is InChI=1S/C5H9Br3O/c1-4(9)2-5(7,8)3-6/h4,9H,2-3H2,1H3. The fourth-order valence-electron chi connectivity index (χ4n) is 0.487. The van der Waals surface area contributed by atoms with E-state index < -0.39 is 0 Å². The monoisotopic (exact) mass is 322 g/mol. The van der Waals surface area contributed by atoms with E-state index in [1.165, 1.54) is 0 Å². The zero-order valence-electron chi connectivity index (χ0n) is 5.07. The van der Waals surface area contributed by atoms with Crippen LogP contribution in [0.3, 0.4) is 0 Å². The molecule has 1 unspecified atom stereocenters. The largest absolute Gasteiger partial charge is 0.393 e. The predicted molar refractivity (Wildman–Crippen MR) is 50.7 cm³/mol. The molecule has 56 valence electrons. The van der Waals surface area contributed by atoms with E-state index in [0.29, 0.717) is 6.42 Å².